The van der Waals surface area contributed by atoms with Crippen molar-refractivity contribution in [1.82, 2.24) is 19.9 Å². The van der Waals surface area contributed by atoms with Crippen molar-refractivity contribution in [2.75, 3.05) is 0 Å². The van der Waals surface area contributed by atoms with Crippen LogP contribution in [0.15, 0.2) is 61.2 Å². The molecule has 1 N–H and O–H groups in total. The summed E-state index contributed by atoms with van der Waals surface area (Å²) in [4.78, 5) is 19.9. The van der Waals surface area contributed by atoms with Crippen LogP contribution in [0, 0.1) is 5.82 Å². The summed E-state index contributed by atoms with van der Waals surface area (Å²) in [5.74, 6) is 0.473. The van der Waals surface area contributed by atoms with E-state index in [1.807, 2.05) is 11.6 Å². The van der Waals surface area contributed by atoms with Crippen molar-refractivity contribution < 1.29 is 13.9 Å². The normalized spacial score (nSPS) is 10.8. The molecule has 1 amide bonds. The van der Waals surface area contributed by atoms with Gasteiger partial charge >= 0.3 is 0 Å². The Morgan fingerprint density at radius 3 is 2.92 bits per heavy atom. The Morgan fingerprint density at radius 2 is 2.23 bits per heavy atom. The van der Waals surface area contributed by atoms with Crippen LogP contribution < -0.4 is 10.1 Å². The molecule has 0 fully saturated rings. The molecular weight excluding hydrogens is 335 g/mol. The third-order valence-corrected chi connectivity index (χ3v) is 3.59. The average Bonchev–Trinajstić information content (AvgIpc) is 3.06. The number of aryl methyl sites for hydroxylation is 1. The van der Waals surface area contributed by atoms with Crippen molar-refractivity contribution in [3.63, 3.8) is 0 Å². The molecule has 0 saturated carbocycles. The van der Waals surface area contributed by atoms with Gasteiger partial charge in [-0.3, -0.25) is 9.78 Å². The average molecular weight is 352 g/mol. The van der Waals surface area contributed by atoms with Gasteiger partial charge in [0.05, 0.1) is 12.7 Å². The van der Waals surface area contributed by atoms with Crippen LogP contribution in [0.3, 0.4) is 0 Å². The molecule has 6 nitrogen and oxygen atoms in total. The Hall–Kier alpha value is -3.48. The molecule has 0 saturated heterocycles. The lowest BCUT2D eigenvalue weighted by Crippen LogP contribution is -2.22. The number of hydrogen-bond acceptors (Lipinski definition) is 4. The van der Waals surface area contributed by atoms with Gasteiger partial charge in [-0.15, -0.1) is 0 Å². The summed E-state index contributed by atoms with van der Waals surface area (Å²) in [6.45, 7) is 0.318. The van der Waals surface area contributed by atoms with Crippen LogP contribution in [0.5, 0.6) is 11.5 Å². The molecule has 0 aliphatic heterocycles. The van der Waals surface area contributed by atoms with E-state index < -0.39 is 5.82 Å². The predicted octanol–water partition coefficient (Wildman–Crippen LogP) is 3.08. The number of rotatable bonds is 6. The summed E-state index contributed by atoms with van der Waals surface area (Å²) in [5.41, 5.74) is 0.549. The zero-order chi connectivity index (χ0) is 18.4. The van der Waals surface area contributed by atoms with Crippen LogP contribution in [0.25, 0.3) is 6.08 Å². The number of pyridine rings is 1. The number of hydrogen-bond donors (Lipinski definition) is 1. The number of ether oxygens (including phenoxy) is 1. The molecule has 0 aliphatic carbocycles. The van der Waals surface area contributed by atoms with Gasteiger partial charge in [0.1, 0.15) is 11.6 Å². The largest absolute Gasteiger partial charge is 0.453 e. The molecular formula is C19H17FN4O2. The first-order valence-electron chi connectivity index (χ1n) is 7.91. The summed E-state index contributed by atoms with van der Waals surface area (Å²) < 4.78 is 21.4. The van der Waals surface area contributed by atoms with E-state index in [0.29, 0.717) is 17.9 Å². The predicted molar refractivity (Wildman–Crippen MR) is 94.8 cm³/mol. The van der Waals surface area contributed by atoms with Crippen LogP contribution in [0.4, 0.5) is 4.39 Å². The molecule has 7 heteroatoms. The number of nitrogens with zero attached hydrogens (tertiary/aromatic N) is 3. The van der Waals surface area contributed by atoms with Crippen LogP contribution in [-0.2, 0) is 18.4 Å². The smallest absolute Gasteiger partial charge is 0.244 e. The highest BCUT2D eigenvalue weighted by molar-refractivity contribution is 5.91. The zero-order valence-corrected chi connectivity index (χ0v) is 14.1. The van der Waals surface area contributed by atoms with E-state index >= 15 is 0 Å². The minimum atomic E-state index is -0.524. The van der Waals surface area contributed by atoms with Gasteiger partial charge in [0.15, 0.2) is 11.6 Å². The van der Waals surface area contributed by atoms with Gasteiger partial charge in [-0.05, 0) is 35.9 Å². The third-order valence-electron chi connectivity index (χ3n) is 3.59. The van der Waals surface area contributed by atoms with E-state index in [2.05, 4.69) is 15.3 Å². The van der Waals surface area contributed by atoms with E-state index in [4.69, 9.17) is 4.74 Å². The number of amides is 1. The van der Waals surface area contributed by atoms with Crippen LogP contribution >= 0.6 is 0 Å². The molecule has 26 heavy (non-hydrogen) atoms. The molecule has 0 unspecified atom stereocenters. The lowest BCUT2D eigenvalue weighted by Gasteiger charge is -2.06. The Labute approximate surface area is 150 Å². The molecule has 0 aliphatic rings. The minimum absolute atomic E-state index is 0.0920. The first kappa shape index (κ1) is 17.3. The topological polar surface area (TPSA) is 69.0 Å². The monoisotopic (exact) mass is 352 g/mol. The van der Waals surface area contributed by atoms with Crippen molar-refractivity contribution in [2.24, 2.45) is 7.05 Å². The maximum absolute atomic E-state index is 14.1. The lowest BCUT2D eigenvalue weighted by molar-refractivity contribution is -0.116. The zero-order valence-electron chi connectivity index (χ0n) is 14.1. The highest BCUT2D eigenvalue weighted by Crippen LogP contribution is 2.24. The molecule has 2 aromatic heterocycles. The summed E-state index contributed by atoms with van der Waals surface area (Å²) in [6, 6.07) is 7.86. The van der Waals surface area contributed by atoms with Gasteiger partial charge in [-0.1, -0.05) is 6.07 Å². The number of carbonyl (C=O) groups excluding carboxylic acids is 1. The third kappa shape index (κ3) is 4.54. The van der Waals surface area contributed by atoms with Gasteiger partial charge in [0.25, 0.3) is 0 Å². The van der Waals surface area contributed by atoms with Gasteiger partial charge < -0.3 is 14.6 Å². The standard InChI is InChI=1S/C19H17FN4O2/c1-24-10-9-22-18(24)13-23-19(25)7-5-14-4-6-17(16(20)11-14)26-15-3-2-8-21-12-15/h2-12H,13H2,1H3,(H,23,25)/b7-5+. The first-order valence-corrected chi connectivity index (χ1v) is 7.91. The summed E-state index contributed by atoms with van der Waals surface area (Å²) in [7, 11) is 1.85. The number of benzene rings is 1. The first-order chi connectivity index (χ1) is 12.6. The number of halogens is 1. The van der Waals surface area contributed by atoms with E-state index in [0.717, 1.165) is 5.82 Å². The van der Waals surface area contributed by atoms with Crippen molar-refractivity contribution >= 4 is 12.0 Å². The van der Waals surface area contributed by atoms with Gasteiger partial charge in [0, 0.05) is 31.7 Å². The van der Waals surface area contributed by atoms with Crippen molar-refractivity contribution in [3.8, 4) is 11.5 Å². The second-order valence-corrected chi connectivity index (χ2v) is 5.49. The lowest BCUT2D eigenvalue weighted by atomic mass is 10.2. The number of aromatic nitrogens is 3. The van der Waals surface area contributed by atoms with Crippen LogP contribution in [-0.4, -0.2) is 20.4 Å². The summed E-state index contributed by atoms with van der Waals surface area (Å²) in [6.07, 6.45) is 9.45. The van der Waals surface area contributed by atoms with E-state index in [-0.39, 0.29) is 11.7 Å². The van der Waals surface area contributed by atoms with Gasteiger partial charge in [-0.25, -0.2) is 9.37 Å². The van der Waals surface area contributed by atoms with Crippen LogP contribution in [0.1, 0.15) is 11.4 Å². The van der Waals surface area contributed by atoms with Crippen molar-refractivity contribution in [1.29, 1.82) is 0 Å². The van der Waals surface area contributed by atoms with Crippen molar-refractivity contribution in [3.05, 3.63) is 78.4 Å². The minimum Gasteiger partial charge on any atom is -0.453 e. The quantitative estimate of drug-likeness (QED) is 0.692. The molecule has 1 aromatic carbocycles. The maximum atomic E-state index is 14.1. The Balaban J connectivity index is 1.59. The maximum Gasteiger partial charge on any atom is 0.244 e. The summed E-state index contributed by atoms with van der Waals surface area (Å²) >= 11 is 0. The summed E-state index contributed by atoms with van der Waals surface area (Å²) in [5, 5.41) is 2.72. The molecule has 0 bridgehead atoms. The Bertz CT molecular complexity index is 922. The molecule has 132 valence electrons. The molecule has 0 spiro atoms. The van der Waals surface area contributed by atoms with Crippen LogP contribution in [0.2, 0.25) is 0 Å². The van der Waals surface area contributed by atoms with E-state index in [1.165, 1.54) is 30.5 Å². The number of nitrogens with one attached hydrogen (secondary N) is 1. The second kappa shape index (κ2) is 8.06. The van der Waals surface area contributed by atoms with Gasteiger partial charge in [-0.2, -0.15) is 0 Å². The highest BCUT2D eigenvalue weighted by atomic mass is 19.1. The number of carbonyl (C=O) groups is 1. The molecule has 2 heterocycles. The second-order valence-electron chi connectivity index (χ2n) is 5.49. The fourth-order valence-corrected chi connectivity index (χ4v) is 2.20. The SMILES string of the molecule is Cn1ccnc1CNC(=O)/C=C/c1ccc(Oc2cccnc2)c(F)c1. The van der Waals surface area contributed by atoms with E-state index in [9.17, 15) is 9.18 Å². The Kier molecular flexibility index (Phi) is 5.38. The molecule has 0 atom stereocenters. The fraction of sp³-hybridized carbons (Fsp3) is 0.105. The molecule has 0 radical (unpaired) electrons. The van der Waals surface area contributed by atoms with Gasteiger partial charge in [0.2, 0.25) is 5.91 Å². The Morgan fingerprint density at radius 1 is 1.35 bits per heavy atom. The fourth-order valence-electron chi connectivity index (χ4n) is 2.20. The molecule has 3 aromatic rings. The van der Waals surface area contributed by atoms with E-state index in [1.54, 1.807) is 36.8 Å². The van der Waals surface area contributed by atoms with Crippen molar-refractivity contribution in [2.45, 2.75) is 6.54 Å². The number of imidazole rings is 1. The molecule has 3 rings (SSSR count). The highest BCUT2D eigenvalue weighted by Gasteiger charge is 2.06.